The van der Waals surface area contributed by atoms with E-state index in [4.69, 9.17) is 4.74 Å². The first-order chi connectivity index (χ1) is 7.33. The second-order valence-corrected chi connectivity index (χ2v) is 4.11. The molecule has 0 aliphatic heterocycles. The first-order valence-corrected chi connectivity index (χ1v) is 5.59. The second kappa shape index (κ2) is 4.66. The Morgan fingerprint density at radius 1 is 1.40 bits per heavy atom. The van der Waals surface area contributed by atoms with Gasteiger partial charge in [-0.05, 0) is 25.7 Å². The molecule has 4 nitrogen and oxygen atoms in total. The third-order valence-corrected chi connectivity index (χ3v) is 2.81. The van der Waals surface area contributed by atoms with Crippen molar-refractivity contribution >= 4 is 0 Å². The van der Waals surface area contributed by atoms with Crippen LogP contribution in [-0.4, -0.2) is 22.9 Å². The molecule has 2 rings (SSSR count). The van der Waals surface area contributed by atoms with Gasteiger partial charge in [-0.15, -0.1) is 0 Å². The summed E-state index contributed by atoms with van der Waals surface area (Å²) in [7, 11) is 1.70. The SMILES string of the molecule is COCCCCn1ccn(C2CC2)c1=O. The molecule has 1 saturated carbocycles. The zero-order valence-corrected chi connectivity index (χ0v) is 9.19. The van der Waals surface area contributed by atoms with Crippen LogP contribution < -0.4 is 5.69 Å². The number of rotatable bonds is 6. The molecule has 1 aliphatic rings. The molecule has 0 unspecified atom stereocenters. The molecule has 0 aromatic carbocycles. The highest BCUT2D eigenvalue weighted by Crippen LogP contribution is 2.33. The normalized spacial score (nSPS) is 15.8. The van der Waals surface area contributed by atoms with Crippen LogP contribution in [0.5, 0.6) is 0 Å². The Hall–Kier alpha value is -1.03. The van der Waals surface area contributed by atoms with Gasteiger partial charge in [0.2, 0.25) is 0 Å². The van der Waals surface area contributed by atoms with Crippen molar-refractivity contribution in [1.82, 2.24) is 9.13 Å². The number of aromatic nitrogens is 2. The lowest BCUT2D eigenvalue weighted by atomic mass is 10.3. The van der Waals surface area contributed by atoms with E-state index in [1.165, 1.54) is 0 Å². The fourth-order valence-corrected chi connectivity index (χ4v) is 1.76. The minimum Gasteiger partial charge on any atom is -0.385 e. The van der Waals surface area contributed by atoms with Gasteiger partial charge in [0.1, 0.15) is 0 Å². The monoisotopic (exact) mass is 210 g/mol. The van der Waals surface area contributed by atoms with Gasteiger partial charge in [0.15, 0.2) is 0 Å². The Balaban J connectivity index is 1.88. The van der Waals surface area contributed by atoms with Crippen LogP contribution in [0.2, 0.25) is 0 Å². The average molecular weight is 210 g/mol. The molecule has 0 radical (unpaired) electrons. The van der Waals surface area contributed by atoms with Crippen molar-refractivity contribution in [1.29, 1.82) is 0 Å². The highest BCUT2D eigenvalue weighted by atomic mass is 16.5. The van der Waals surface area contributed by atoms with E-state index in [9.17, 15) is 4.79 Å². The van der Waals surface area contributed by atoms with Gasteiger partial charge in [0.25, 0.3) is 0 Å². The average Bonchev–Trinajstić information content (AvgIpc) is 3.00. The van der Waals surface area contributed by atoms with E-state index in [0.717, 1.165) is 38.8 Å². The van der Waals surface area contributed by atoms with Gasteiger partial charge >= 0.3 is 5.69 Å². The fraction of sp³-hybridized carbons (Fsp3) is 0.727. The predicted molar refractivity (Wildman–Crippen MR) is 58.1 cm³/mol. The zero-order valence-electron chi connectivity index (χ0n) is 9.19. The van der Waals surface area contributed by atoms with Crippen molar-refractivity contribution in [2.24, 2.45) is 0 Å². The van der Waals surface area contributed by atoms with Crippen LogP contribution in [0.1, 0.15) is 31.7 Å². The molecular weight excluding hydrogens is 192 g/mol. The predicted octanol–water partition coefficient (Wildman–Crippen LogP) is 1.41. The summed E-state index contributed by atoms with van der Waals surface area (Å²) in [5.41, 5.74) is 0.148. The summed E-state index contributed by atoms with van der Waals surface area (Å²) in [5, 5.41) is 0. The molecule has 1 fully saturated rings. The quantitative estimate of drug-likeness (QED) is 0.666. The van der Waals surface area contributed by atoms with Gasteiger partial charge in [-0.2, -0.15) is 0 Å². The molecule has 0 spiro atoms. The van der Waals surface area contributed by atoms with Crippen LogP contribution in [0, 0.1) is 0 Å². The molecule has 4 heteroatoms. The van der Waals surface area contributed by atoms with Crippen molar-refractivity contribution in [3.05, 3.63) is 22.9 Å². The van der Waals surface area contributed by atoms with Gasteiger partial charge < -0.3 is 4.74 Å². The lowest BCUT2D eigenvalue weighted by Gasteiger charge is -2.01. The van der Waals surface area contributed by atoms with E-state index in [2.05, 4.69) is 0 Å². The molecule has 1 aliphatic carbocycles. The van der Waals surface area contributed by atoms with Crippen LogP contribution >= 0.6 is 0 Å². The minimum atomic E-state index is 0.148. The lowest BCUT2D eigenvalue weighted by Crippen LogP contribution is -2.23. The topological polar surface area (TPSA) is 36.2 Å². The van der Waals surface area contributed by atoms with Crippen molar-refractivity contribution in [2.75, 3.05) is 13.7 Å². The van der Waals surface area contributed by atoms with Crippen LogP contribution in [-0.2, 0) is 11.3 Å². The van der Waals surface area contributed by atoms with E-state index in [-0.39, 0.29) is 5.69 Å². The Labute approximate surface area is 89.5 Å². The van der Waals surface area contributed by atoms with E-state index in [1.807, 2.05) is 17.0 Å². The largest absolute Gasteiger partial charge is 0.385 e. The maximum absolute atomic E-state index is 11.8. The maximum Gasteiger partial charge on any atom is 0.328 e. The third-order valence-electron chi connectivity index (χ3n) is 2.81. The first kappa shape index (κ1) is 10.5. The van der Waals surface area contributed by atoms with E-state index in [0.29, 0.717) is 6.04 Å². The Kier molecular flexibility index (Phi) is 3.26. The van der Waals surface area contributed by atoms with Crippen molar-refractivity contribution in [3.8, 4) is 0 Å². The summed E-state index contributed by atoms with van der Waals surface area (Å²) in [6.07, 6.45) is 8.14. The van der Waals surface area contributed by atoms with Gasteiger partial charge in [0.05, 0.1) is 0 Å². The molecule has 15 heavy (non-hydrogen) atoms. The number of aryl methyl sites for hydroxylation is 1. The number of hydrogen-bond donors (Lipinski definition) is 0. The highest BCUT2D eigenvalue weighted by molar-refractivity contribution is 4.91. The van der Waals surface area contributed by atoms with Gasteiger partial charge in [-0.3, -0.25) is 9.13 Å². The third kappa shape index (κ3) is 2.50. The van der Waals surface area contributed by atoms with Crippen molar-refractivity contribution < 1.29 is 4.74 Å². The van der Waals surface area contributed by atoms with Crippen LogP contribution in [0.4, 0.5) is 0 Å². The zero-order chi connectivity index (χ0) is 10.7. The van der Waals surface area contributed by atoms with Gasteiger partial charge in [-0.25, -0.2) is 4.79 Å². The Morgan fingerprint density at radius 2 is 2.20 bits per heavy atom. The molecule has 1 heterocycles. The molecule has 0 atom stereocenters. The van der Waals surface area contributed by atoms with Crippen LogP contribution in [0.15, 0.2) is 17.2 Å². The smallest absolute Gasteiger partial charge is 0.328 e. The number of methoxy groups -OCH3 is 1. The van der Waals surface area contributed by atoms with Crippen LogP contribution in [0.3, 0.4) is 0 Å². The number of nitrogens with zero attached hydrogens (tertiary/aromatic N) is 2. The Bertz CT molecular complexity index is 363. The summed E-state index contributed by atoms with van der Waals surface area (Å²) in [6.45, 7) is 1.58. The molecule has 1 aromatic heterocycles. The summed E-state index contributed by atoms with van der Waals surface area (Å²) in [5.74, 6) is 0. The van der Waals surface area contributed by atoms with Gasteiger partial charge in [0, 0.05) is 38.7 Å². The van der Waals surface area contributed by atoms with Crippen molar-refractivity contribution in [2.45, 2.75) is 38.3 Å². The number of unbranched alkanes of at least 4 members (excludes halogenated alkanes) is 1. The molecule has 0 bridgehead atoms. The van der Waals surface area contributed by atoms with E-state index >= 15 is 0 Å². The molecule has 84 valence electrons. The number of ether oxygens (including phenoxy) is 1. The summed E-state index contributed by atoms with van der Waals surface area (Å²) in [6, 6.07) is 0.484. The second-order valence-electron chi connectivity index (χ2n) is 4.11. The minimum absolute atomic E-state index is 0.148. The highest BCUT2D eigenvalue weighted by Gasteiger charge is 2.25. The number of hydrogen-bond acceptors (Lipinski definition) is 2. The first-order valence-electron chi connectivity index (χ1n) is 5.59. The fourth-order valence-electron chi connectivity index (χ4n) is 1.76. The van der Waals surface area contributed by atoms with Crippen LogP contribution in [0.25, 0.3) is 0 Å². The maximum atomic E-state index is 11.8. The molecule has 0 amide bonds. The molecule has 0 N–H and O–H groups in total. The molecule has 1 aromatic rings. The van der Waals surface area contributed by atoms with E-state index in [1.54, 1.807) is 11.7 Å². The van der Waals surface area contributed by atoms with Crippen molar-refractivity contribution in [3.63, 3.8) is 0 Å². The Morgan fingerprint density at radius 3 is 2.87 bits per heavy atom. The number of imidazole rings is 1. The molecular formula is C11H18N2O2. The van der Waals surface area contributed by atoms with Gasteiger partial charge in [-0.1, -0.05) is 0 Å². The summed E-state index contributed by atoms with van der Waals surface area (Å²) in [4.78, 5) is 11.8. The summed E-state index contributed by atoms with van der Waals surface area (Å²) < 4.78 is 8.63. The van der Waals surface area contributed by atoms with E-state index < -0.39 is 0 Å². The standard InChI is InChI=1S/C11H18N2O2/c1-15-9-3-2-6-12-7-8-13(11(12)14)10-4-5-10/h7-8,10H,2-6,9H2,1H3. The summed E-state index contributed by atoms with van der Waals surface area (Å²) >= 11 is 0. The lowest BCUT2D eigenvalue weighted by molar-refractivity contribution is 0.191. The molecule has 0 saturated heterocycles.